The zero-order valence-corrected chi connectivity index (χ0v) is 16.9. The first-order valence-corrected chi connectivity index (χ1v) is 10.4. The molecule has 1 saturated heterocycles. The van der Waals surface area contributed by atoms with Gasteiger partial charge in [0.2, 0.25) is 10.0 Å². The summed E-state index contributed by atoms with van der Waals surface area (Å²) in [5, 5.41) is 11.5. The quantitative estimate of drug-likeness (QED) is 0.518. The van der Waals surface area contributed by atoms with Crippen molar-refractivity contribution >= 4 is 56.2 Å². The molecule has 3 rings (SSSR count). The Morgan fingerprint density at radius 1 is 0.926 bits per heavy atom. The Morgan fingerprint density at radius 2 is 1.59 bits per heavy atom. The van der Waals surface area contributed by atoms with Crippen molar-refractivity contribution in [1.82, 2.24) is 4.31 Å². The molecule has 7 nitrogen and oxygen atoms in total. The first kappa shape index (κ1) is 20.2. The van der Waals surface area contributed by atoms with Crippen LogP contribution in [0.25, 0.3) is 0 Å². The molecule has 2 aromatic carbocycles. The summed E-state index contributed by atoms with van der Waals surface area (Å²) in [6, 6.07) is 8.53. The van der Waals surface area contributed by atoms with E-state index in [-0.39, 0.29) is 38.7 Å². The van der Waals surface area contributed by atoms with Crippen molar-refractivity contribution in [2.75, 3.05) is 31.1 Å². The fraction of sp³-hybridized carbons (Fsp3) is 0.250. The molecule has 0 unspecified atom stereocenters. The molecule has 0 saturated carbocycles. The SMILES string of the molecule is O=[N+]([O-])c1ccc(N2CCN(S(=O)(=O)c3cc(Cl)ccc3Cl)CC2)c(Cl)c1. The average molecular weight is 451 g/mol. The Labute approximate surface area is 171 Å². The van der Waals surface area contributed by atoms with Crippen molar-refractivity contribution in [1.29, 1.82) is 0 Å². The lowest BCUT2D eigenvalue weighted by atomic mass is 10.2. The summed E-state index contributed by atoms with van der Waals surface area (Å²) >= 11 is 18.1. The molecule has 2 aromatic rings. The molecular weight excluding hydrogens is 437 g/mol. The van der Waals surface area contributed by atoms with Gasteiger partial charge in [-0.2, -0.15) is 4.31 Å². The number of hydrogen-bond acceptors (Lipinski definition) is 5. The number of halogens is 3. The zero-order valence-electron chi connectivity index (χ0n) is 13.8. The number of sulfonamides is 1. The van der Waals surface area contributed by atoms with Gasteiger partial charge in [-0.1, -0.05) is 34.8 Å². The summed E-state index contributed by atoms with van der Waals surface area (Å²) in [7, 11) is -3.78. The number of non-ortho nitro benzene ring substituents is 1. The van der Waals surface area contributed by atoms with E-state index in [1.807, 2.05) is 4.90 Å². The van der Waals surface area contributed by atoms with E-state index in [9.17, 15) is 18.5 Å². The number of hydrogen-bond donors (Lipinski definition) is 0. The van der Waals surface area contributed by atoms with Crippen molar-refractivity contribution < 1.29 is 13.3 Å². The Kier molecular flexibility index (Phi) is 5.83. The van der Waals surface area contributed by atoms with E-state index in [1.54, 1.807) is 6.07 Å². The molecule has 0 N–H and O–H groups in total. The summed E-state index contributed by atoms with van der Waals surface area (Å²) in [6.45, 7) is 1.21. The van der Waals surface area contributed by atoms with Crippen molar-refractivity contribution in [2.45, 2.75) is 4.90 Å². The van der Waals surface area contributed by atoms with E-state index in [2.05, 4.69) is 0 Å². The molecule has 1 aliphatic rings. The lowest BCUT2D eigenvalue weighted by molar-refractivity contribution is -0.384. The Morgan fingerprint density at radius 3 is 2.19 bits per heavy atom. The first-order valence-electron chi connectivity index (χ1n) is 7.84. The van der Waals surface area contributed by atoms with Gasteiger partial charge in [-0.3, -0.25) is 10.1 Å². The standard InChI is InChI=1S/C16H14Cl3N3O4S/c17-11-1-3-13(18)16(9-11)27(25,26)21-7-5-20(6-8-21)15-4-2-12(22(23)24)10-14(15)19/h1-4,9-10H,5-8H2. The maximum atomic E-state index is 12.9. The second-order valence-corrected chi connectivity index (χ2v) is 9.02. The summed E-state index contributed by atoms with van der Waals surface area (Å²) in [4.78, 5) is 12.2. The molecule has 144 valence electrons. The molecule has 27 heavy (non-hydrogen) atoms. The third-order valence-electron chi connectivity index (χ3n) is 4.23. The normalized spacial score (nSPS) is 15.7. The maximum Gasteiger partial charge on any atom is 0.271 e. The van der Waals surface area contributed by atoms with E-state index in [0.29, 0.717) is 18.8 Å². The minimum Gasteiger partial charge on any atom is -0.368 e. The smallest absolute Gasteiger partial charge is 0.271 e. The van der Waals surface area contributed by atoms with Crippen LogP contribution >= 0.6 is 34.8 Å². The molecule has 0 aliphatic carbocycles. The molecule has 0 spiro atoms. The van der Waals surface area contributed by atoms with Crippen LogP contribution in [0.3, 0.4) is 0 Å². The van der Waals surface area contributed by atoms with Gasteiger partial charge >= 0.3 is 0 Å². The van der Waals surface area contributed by atoms with Crippen molar-refractivity contribution in [3.8, 4) is 0 Å². The third kappa shape index (κ3) is 4.14. The fourth-order valence-electron chi connectivity index (χ4n) is 2.85. The summed E-state index contributed by atoms with van der Waals surface area (Å²) in [5.41, 5.74) is 0.528. The fourth-order valence-corrected chi connectivity index (χ4v) is 5.30. The minimum absolute atomic E-state index is 0.0292. The number of nitro groups is 1. The van der Waals surface area contributed by atoms with E-state index in [1.165, 1.54) is 34.6 Å². The van der Waals surface area contributed by atoms with Gasteiger partial charge < -0.3 is 4.90 Å². The van der Waals surface area contributed by atoms with Gasteiger partial charge in [0.25, 0.3) is 5.69 Å². The topological polar surface area (TPSA) is 83.8 Å². The van der Waals surface area contributed by atoms with Gasteiger partial charge in [0.1, 0.15) is 4.90 Å². The van der Waals surface area contributed by atoms with Crippen LogP contribution in [0, 0.1) is 10.1 Å². The lowest BCUT2D eigenvalue weighted by Gasteiger charge is -2.35. The monoisotopic (exact) mass is 449 g/mol. The van der Waals surface area contributed by atoms with Crippen molar-refractivity contribution in [3.63, 3.8) is 0 Å². The Bertz CT molecular complexity index is 992. The summed E-state index contributed by atoms with van der Waals surface area (Å²) in [5.74, 6) is 0. The first-order chi connectivity index (χ1) is 12.7. The highest BCUT2D eigenvalue weighted by molar-refractivity contribution is 7.89. The van der Waals surface area contributed by atoms with E-state index < -0.39 is 14.9 Å². The second kappa shape index (κ2) is 7.81. The minimum atomic E-state index is -3.78. The van der Waals surface area contributed by atoms with Gasteiger partial charge in [-0.05, 0) is 24.3 Å². The summed E-state index contributed by atoms with van der Waals surface area (Å²) in [6.07, 6.45) is 0. The molecular formula is C16H14Cl3N3O4S. The van der Waals surface area contributed by atoms with Crippen LogP contribution in [-0.4, -0.2) is 43.8 Å². The van der Waals surface area contributed by atoms with E-state index in [4.69, 9.17) is 34.8 Å². The molecule has 1 heterocycles. The third-order valence-corrected chi connectivity index (χ3v) is 7.15. The van der Waals surface area contributed by atoms with E-state index >= 15 is 0 Å². The van der Waals surface area contributed by atoms with Gasteiger partial charge in [0.05, 0.1) is 20.7 Å². The Hall–Kier alpha value is -1.58. The average Bonchev–Trinajstić information content (AvgIpc) is 2.63. The van der Waals surface area contributed by atoms with Crippen LogP contribution in [0.15, 0.2) is 41.3 Å². The van der Waals surface area contributed by atoms with Crippen LogP contribution in [0.5, 0.6) is 0 Å². The predicted molar refractivity (Wildman–Crippen MR) is 106 cm³/mol. The highest BCUT2D eigenvalue weighted by atomic mass is 35.5. The zero-order chi connectivity index (χ0) is 19.8. The van der Waals surface area contributed by atoms with Crippen LogP contribution in [0.1, 0.15) is 0 Å². The molecule has 1 fully saturated rings. The molecule has 0 radical (unpaired) electrons. The number of rotatable bonds is 4. The highest BCUT2D eigenvalue weighted by Crippen LogP contribution is 2.32. The second-order valence-electron chi connectivity index (χ2n) is 5.86. The number of anilines is 1. The molecule has 11 heteroatoms. The van der Waals surface area contributed by atoms with Crippen molar-refractivity contribution in [2.24, 2.45) is 0 Å². The summed E-state index contributed by atoms with van der Waals surface area (Å²) < 4.78 is 27.0. The van der Waals surface area contributed by atoms with E-state index in [0.717, 1.165) is 0 Å². The Balaban J connectivity index is 1.77. The maximum absolute atomic E-state index is 12.9. The predicted octanol–water partition coefficient (Wildman–Crippen LogP) is 4.07. The number of nitrogens with zero attached hydrogens (tertiary/aromatic N) is 3. The van der Waals surface area contributed by atoms with Gasteiger partial charge in [0, 0.05) is 43.3 Å². The molecule has 0 bridgehead atoms. The van der Waals surface area contributed by atoms with Gasteiger partial charge in [0.15, 0.2) is 0 Å². The largest absolute Gasteiger partial charge is 0.368 e. The molecule has 0 atom stereocenters. The van der Waals surface area contributed by atoms with Crippen LogP contribution in [-0.2, 0) is 10.0 Å². The van der Waals surface area contributed by atoms with Crippen LogP contribution in [0.2, 0.25) is 15.1 Å². The highest BCUT2D eigenvalue weighted by Gasteiger charge is 2.31. The number of piperazine rings is 1. The molecule has 0 aromatic heterocycles. The van der Waals surface area contributed by atoms with Gasteiger partial charge in [-0.15, -0.1) is 0 Å². The van der Waals surface area contributed by atoms with Crippen LogP contribution in [0.4, 0.5) is 11.4 Å². The van der Waals surface area contributed by atoms with Crippen molar-refractivity contribution in [3.05, 3.63) is 61.6 Å². The van der Waals surface area contributed by atoms with Crippen LogP contribution < -0.4 is 4.90 Å². The number of nitro benzene ring substituents is 1. The number of benzene rings is 2. The van der Waals surface area contributed by atoms with Gasteiger partial charge in [-0.25, -0.2) is 8.42 Å². The lowest BCUT2D eigenvalue weighted by Crippen LogP contribution is -2.48. The molecule has 1 aliphatic heterocycles. The molecule has 0 amide bonds.